The van der Waals surface area contributed by atoms with Gasteiger partial charge < -0.3 is 5.32 Å². The average Bonchev–Trinajstić information content (AvgIpc) is 2.81. The van der Waals surface area contributed by atoms with Crippen molar-refractivity contribution in [3.05, 3.63) is 52.8 Å². The first-order chi connectivity index (χ1) is 9.76. The summed E-state index contributed by atoms with van der Waals surface area (Å²) >= 11 is 6.31. The Hall–Kier alpha value is -1.32. The fourth-order valence-electron chi connectivity index (χ4n) is 2.51. The van der Waals surface area contributed by atoms with Crippen molar-refractivity contribution in [2.24, 2.45) is 0 Å². The van der Waals surface area contributed by atoms with Crippen molar-refractivity contribution in [1.82, 2.24) is 15.1 Å². The molecule has 1 N–H and O–H groups in total. The highest BCUT2D eigenvalue weighted by Gasteiger charge is 2.17. The van der Waals surface area contributed by atoms with Crippen LogP contribution in [0.1, 0.15) is 30.5 Å². The minimum Gasteiger partial charge on any atom is -0.319 e. The van der Waals surface area contributed by atoms with Gasteiger partial charge in [-0.2, -0.15) is 5.10 Å². The van der Waals surface area contributed by atoms with Crippen molar-refractivity contribution in [2.45, 2.75) is 32.2 Å². The van der Waals surface area contributed by atoms with E-state index in [1.807, 2.05) is 17.8 Å². The van der Waals surface area contributed by atoms with Crippen LogP contribution in [0.15, 0.2) is 36.5 Å². The molecule has 1 aromatic carbocycles. The van der Waals surface area contributed by atoms with Gasteiger partial charge in [-0.05, 0) is 25.5 Å². The van der Waals surface area contributed by atoms with Crippen LogP contribution in [0.5, 0.6) is 0 Å². The van der Waals surface area contributed by atoms with Crippen molar-refractivity contribution < 1.29 is 0 Å². The number of aromatic nitrogens is 2. The number of likely N-dealkylation sites (N-methyl/N-ethyl adjacent to an activating group) is 1. The molecule has 3 nitrogen and oxygen atoms in total. The van der Waals surface area contributed by atoms with Gasteiger partial charge in [0.25, 0.3) is 0 Å². The van der Waals surface area contributed by atoms with Crippen LogP contribution in [-0.2, 0) is 13.0 Å². The lowest BCUT2D eigenvalue weighted by Gasteiger charge is -2.18. The lowest BCUT2D eigenvalue weighted by Crippen LogP contribution is -2.20. The van der Waals surface area contributed by atoms with Gasteiger partial charge in [0.15, 0.2) is 0 Å². The van der Waals surface area contributed by atoms with Crippen LogP contribution in [0.3, 0.4) is 0 Å². The Labute approximate surface area is 126 Å². The molecule has 1 heterocycles. The Morgan fingerprint density at radius 1 is 1.30 bits per heavy atom. The molecule has 0 radical (unpaired) electrons. The van der Waals surface area contributed by atoms with Crippen LogP contribution in [0.25, 0.3) is 0 Å². The number of nitrogens with zero attached hydrogens (tertiary/aromatic N) is 2. The number of rotatable bonds is 7. The molecular weight excluding hydrogens is 270 g/mol. The van der Waals surface area contributed by atoms with E-state index in [2.05, 4.69) is 41.6 Å². The molecule has 1 aromatic heterocycles. The number of hydrogen-bond donors (Lipinski definition) is 1. The standard InChI is InChI=1S/C16H22ClN3/c1-3-9-20-16(15(17)12-19-20)10-14(11-18-2)13-7-5-4-6-8-13/h4-8,12,14,18H,3,9-11H2,1-2H3. The Morgan fingerprint density at radius 2 is 2.05 bits per heavy atom. The average molecular weight is 292 g/mol. The molecular formula is C16H22ClN3. The van der Waals surface area contributed by atoms with Crippen LogP contribution >= 0.6 is 11.6 Å². The molecule has 4 heteroatoms. The first kappa shape index (κ1) is 15.1. The maximum atomic E-state index is 6.31. The van der Waals surface area contributed by atoms with Gasteiger partial charge in [-0.3, -0.25) is 4.68 Å². The molecule has 2 rings (SSSR count). The van der Waals surface area contributed by atoms with Crippen LogP contribution in [-0.4, -0.2) is 23.4 Å². The Balaban J connectivity index is 2.22. The summed E-state index contributed by atoms with van der Waals surface area (Å²) in [7, 11) is 1.99. The summed E-state index contributed by atoms with van der Waals surface area (Å²) in [6.07, 6.45) is 3.73. The molecule has 0 aliphatic heterocycles. The van der Waals surface area contributed by atoms with Gasteiger partial charge in [0.1, 0.15) is 0 Å². The maximum Gasteiger partial charge on any atom is 0.0818 e. The van der Waals surface area contributed by atoms with Gasteiger partial charge in [0.05, 0.1) is 16.9 Å². The number of aryl methyl sites for hydroxylation is 1. The van der Waals surface area contributed by atoms with Gasteiger partial charge in [-0.15, -0.1) is 0 Å². The number of hydrogen-bond acceptors (Lipinski definition) is 2. The van der Waals surface area contributed by atoms with Crippen molar-refractivity contribution >= 4 is 11.6 Å². The highest BCUT2D eigenvalue weighted by atomic mass is 35.5. The van der Waals surface area contributed by atoms with E-state index in [4.69, 9.17) is 11.6 Å². The molecule has 0 saturated carbocycles. The molecule has 2 aromatic rings. The monoisotopic (exact) mass is 291 g/mol. The minimum absolute atomic E-state index is 0.408. The van der Waals surface area contributed by atoms with E-state index in [-0.39, 0.29) is 0 Å². The smallest absolute Gasteiger partial charge is 0.0818 e. The SMILES string of the molecule is CCCn1ncc(Cl)c1CC(CNC)c1ccccc1. The van der Waals surface area contributed by atoms with Crippen molar-refractivity contribution in [1.29, 1.82) is 0 Å². The Bertz CT molecular complexity index is 522. The summed E-state index contributed by atoms with van der Waals surface area (Å²) < 4.78 is 2.04. The van der Waals surface area contributed by atoms with Crippen molar-refractivity contribution in [2.75, 3.05) is 13.6 Å². The highest BCUT2D eigenvalue weighted by molar-refractivity contribution is 6.31. The van der Waals surface area contributed by atoms with Gasteiger partial charge in [0.2, 0.25) is 0 Å². The predicted octanol–water partition coefficient (Wildman–Crippen LogP) is 3.49. The summed E-state index contributed by atoms with van der Waals surface area (Å²) in [5.74, 6) is 0.408. The van der Waals surface area contributed by atoms with E-state index in [0.29, 0.717) is 5.92 Å². The molecule has 20 heavy (non-hydrogen) atoms. The molecule has 1 atom stereocenters. The molecule has 0 fully saturated rings. The number of halogens is 1. The Morgan fingerprint density at radius 3 is 2.70 bits per heavy atom. The normalized spacial score (nSPS) is 12.6. The largest absolute Gasteiger partial charge is 0.319 e. The molecule has 0 bridgehead atoms. The molecule has 0 saturated heterocycles. The lowest BCUT2D eigenvalue weighted by molar-refractivity contribution is 0.541. The van der Waals surface area contributed by atoms with E-state index in [1.54, 1.807) is 6.20 Å². The predicted molar refractivity (Wildman–Crippen MR) is 84.3 cm³/mol. The summed E-state index contributed by atoms with van der Waals surface area (Å²) in [6, 6.07) is 10.6. The van der Waals surface area contributed by atoms with Gasteiger partial charge in [-0.1, -0.05) is 48.9 Å². The molecule has 0 amide bonds. The summed E-state index contributed by atoms with van der Waals surface area (Å²) in [5.41, 5.74) is 2.47. The van der Waals surface area contributed by atoms with Crippen molar-refractivity contribution in [3.8, 4) is 0 Å². The lowest BCUT2D eigenvalue weighted by atomic mass is 9.94. The van der Waals surface area contributed by atoms with Gasteiger partial charge >= 0.3 is 0 Å². The first-order valence-electron chi connectivity index (χ1n) is 7.16. The number of nitrogens with one attached hydrogen (secondary N) is 1. The van der Waals surface area contributed by atoms with Crippen LogP contribution < -0.4 is 5.32 Å². The van der Waals surface area contributed by atoms with Crippen LogP contribution in [0.4, 0.5) is 0 Å². The second kappa shape index (κ2) is 7.46. The second-order valence-electron chi connectivity index (χ2n) is 5.03. The molecule has 1 unspecified atom stereocenters. The maximum absolute atomic E-state index is 6.31. The minimum atomic E-state index is 0.408. The molecule has 0 aliphatic rings. The van der Waals surface area contributed by atoms with E-state index in [0.717, 1.165) is 36.6 Å². The summed E-state index contributed by atoms with van der Waals surface area (Å²) in [4.78, 5) is 0. The zero-order chi connectivity index (χ0) is 14.4. The van der Waals surface area contributed by atoms with E-state index in [1.165, 1.54) is 5.56 Å². The van der Waals surface area contributed by atoms with E-state index < -0.39 is 0 Å². The van der Waals surface area contributed by atoms with E-state index in [9.17, 15) is 0 Å². The number of benzene rings is 1. The zero-order valence-electron chi connectivity index (χ0n) is 12.1. The zero-order valence-corrected chi connectivity index (χ0v) is 12.9. The fraction of sp³-hybridized carbons (Fsp3) is 0.438. The van der Waals surface area contributed by atoms with Crippen molar-refractivity contribution in [3.63, 3.8) is 0 Å². The quantitative estimate of drug-likeness (QED) is 0.846. The van der Waals surface area contributed by atoms with Gasteiger partial charge in [-0.25, -0.2) is 0 Å². The van der Waals surface area contributed by atoms with Crippen LogP contribution in [0.2, 0.25) is 5.02 Å². The third-order valence-electron chi connectivity index (χ3n) is 3.49. The molecule has 0 spiro atoms. The third kappa shape index (κ3) is 3.62. The topological polar surface area (TPSA) is 29.9 Å². The Kier molecular flexibility index (Phi) is 5.62. The van der Waals surface area contributed by atoms with Gasteiger partial charge in [0, 0.05) is 19.0 Å². The first-order valence-corrected chi connectivity index (χ1v) is 7.53. The molecule has 0 aliphatic carbocycles. The summed E-state index contributed by atoms with van der Waals surface area (Å²) in [6.45, 7) is 4.00. The van der Waals surface area contributed by atoms with Crippen LogP contribution in [0, 0.1) is 0 Å². The van der Waals surface area contributed by atoms with E-state index >= 15 is 0 Å². The third-order valence-corrected chi connectivity index (χ3v) is 3.81. The second-order valence-corrected chi connectivity index (χ2v) is 5.44. The molecule has 108 valence electrons. The fourth-order valence-corrected chi connectivity index (χ4v) is 2.73. The summed E-state index contributed by atoms with van der Waals surface area (Å²) in [5, 5.41) is 8.43. The highest BCUT2D eigenvalue weighted by Crippen LogP contribution is 2.25.